The molecule has 1 aliphatic heterocycles. The standard InChI is InChI=1S/C19H18N6O2/c20-9-14-1-3-15(4-2-14)12-24-13-21-10-16(24)11-23-17-5-7-25(18(17)26)19-22-6-8-27-19/h1-4,6,8,10,13,17,23H,5,7,11-12H2/t17-/m1/s1. The molecule has 8 heteroatoms. The lowest BCUT2D eigenvalue weighted by Crippen LogP contribution is -2.38. The van der Waals surface area contributed by atoms with Gasteiger partial charge in [-0.3, -0.25) is 9.69 Å². The summed E-state index contributed by atoms with van der Waals surface area (Å²) in [6, 6.07) is 9.67. The maximum Gasteiger partial charge on any atom is 0.304 e. The number of aromatic nitrogens is 3. The molecule has 1 atom stereocenters. The Kier molecular flexibility index (Phi) is 4.68. The van der Waals surface area contributed by atoms with E-state index in [-0.39, 0.29) is 11.9 Å². The van der Waals surface area contributed by atoms with Gasteiger partial charge in [0.15, 0.2) is 0 Å². The van der Waals surface area contributed by atoms with Crippen molar-refractivity contribution in [3.05, 3.63) is 66.1 Å². The molecule has 3 heterocycles. The monoisotopic (exact) mass is 362 g/mol. The van der Waals surface area contributed by atoms with Crippen molar-refractivity contribution in [3.63, 3.8) is 0 Å². The van der Waals surface area contributed by atoms with Gasteiger partial charge in [-0.25, -0.2) is 9.97 Å². The van der Waals surface area contributed by atoms with Gasteiger partial charge in [-0.2, -0.15) is 5.26 Å². The quantitative estimate of drug-likeness (QED) is 0.716. The van der Waals surface area contributed by atoms with Gasteiger partial charge < -0.3 is 14.3 Å². The van der Waals surface area contributed by atoms with E-state index in [1.54, 1.807) is 29.6 Å². The molecule has 1 saturated heterocycles. The Bertz CT molecular complexity index is 955. The first-order chi connectivity index (χ1) is 13.2. The highest BCUT2D eigenvalue weighted by Crippen LogP contribution is 2.19. The third kappa shape index (κ3) is 3.59. The molecule has 0 radical (unpaired) electrons. The average molecular weight is 362 g/mol. The Hall–Kier alpha value is -3.44. The molecular weight excluding hydrogens is 344 g/mol. The Balaban J connectivity index is 1.37. The molecule has 0 spiro atoms. The fourth-order valence-electron chi connectivity index (χ4n) is 3.16. The predicted octanol–water partition coefficient (Wildman–Crippen LogP) is 1.69. The number of benzene rings is 1. The third-order valence-electron chi connectivity index (χ3n) is 4.62. The van der Waals surface area contributed by atoms with Crippen LogP contribution in [0.4, 0.5) is 6.01 Å². The van der Waals surface area contributed by atoms with Crippen LogP contribution in [0.3, 0.4) is 0 Å². The molecule has 1 aliphatic rings. The van der Waals surface area contributed by atoms with Gasteiger partial charge in [-0.1, -0.05) is 12.1 Å². The van der Waals surface area contributed by atoms with Crippen LogP contribution in [0.25, 0.3) is 0 Å². The van der Waals surface area contributed by atoms with Gasteiger partial charge in [-0.15, -0.1) is 0 Å². The number of hydrogen-bond acceptors (Lipinski definition) is 6. The van der Waals surface area contributed by atoms with Crippen LogP contribution in [-0.2, 0) is 17.9 Å². The SMILES string of the molecule is N#Cc1ccc(Cn2cncc2CN[C@@H]2CCN(c3ncco3)C2=O)cc1. The molecule has 2 aromatic heterocycles. The Labute approximate surface area is 156 Å². The zero-order valence-electron chi connectivity index (χ0n) is 14.6. The smallest absolute Gasteiger partial charge is 0.304 e. The Morgan fingerprint density at radius 3 is 2.93 bits per heavy atom. The zero-order chi connectivity index (χ0) is 18.6. The second-order valence-electron chi connectivity index (χ2n) is 6.35. The van der Waals surface area contributed by atoms with Gasteiger partial charge in [-0.05, 0) is 24.1 Å². The lowest BCUT2D eigenvalue weighted by atomic mass is 10.1. The normalized spacial score (nSPS) is 16.6. The molecule has 8 nitrogen and oxygen atoms in total. The predicted molar refractivity (Wildman–Crippen MR) is 96.6 cm³/mol. The van der Waals surface area contributed by atoms with Crippen molar-refractivity contribution in [3.8, 4) is 6.07 Å². The lowest BCUT2D eigenvalue weighted by Gasteiger charge is -2.14. The minimum absolute atomic E-state index is 0.0318. The number of nitriles is 1. The summed E-state index contributed by atoms with van der Waals surface area (Å²) in [4.78, 5) is 22.3. The summed E-state index contributed by atoms with van der Waals surface area (Å²) in [7, 11) is 0. The highest BCUT2D eigenvalue weighted by atomic mass is 16.4. The molecule has 3 aromatic rings. The van der Waals surface area contributed by atoms with E-state index in [0.29, 0.717) is 37.6 Å². The van der Waals surface area contributed by atoms with E-state index in [2.05, 4.69) is 21.4 Å². The van der Waals surface area contributed by atoms with Crippen LogP contribution in [0.5, 0.6) is 0 Å². The summed E-state index contributed by atoms with van der Waals surface area (Å²) >= 11 is 0. The van der Waals surface area contributed by atoms with E-state index in [4.69, 9.17) is 9.68 Å². The number of amides is 1. The fourth-order valence-corrected chi connectivity index (χ4v) is 3.16. The molecule has 27 heavy (non-hydrogen) atoms. The van der Waals surface area contributed by atoms with Gasteiger partial charge in [0, 0.05) is 25.8 Å². The Morgan fingerprint density at radius 1 is 1.33 bits per heavy atom. The second-order valence-corrected chi connectivity index (χ2v) is 6.35. The first kappa shape index (κ1) is 17.0. The number of nitrogens with one attached hydrogen (secondary N) is 1. The number of rotatable bonds is 6. The van der Waals surface area contributed by atoms with Crippen molar-refractivity contribution in [2.45, 2.75) is 25.6 Å². The zero-order valence-corrected chi connectivity index (χ0v) is 14.6. The van der Waals surface area contributed by atoms with Crippen LogP contribution >= 0.6 is 0 Å². The maximum absolute atomic E-state index is 12.5. The van der Waals surface area contributed by atoms with Gasteiger partial charge in [0.2, 0.25) is 5.91 Å². The first-order valence-corrected chi connectivity index (χ1v) is 8.67. The summed E-state index contributed by atoms with van der Waals surface area (Å²) < 4.78 is 7.25. The number of oxazole rings is 1. The minimum atomic E-state index is -0.268. The number of anilines is 1. The van der Waals surface area contributed by atoms with Crippen molar-refractivity contribution < 1.29 is 9.21 Å². The Morgan fingerprint density at radius 2 is 2.19 bits per heavy atom. The third-order valence-corrected chi connectivity index (χ3v) is 4.62. The molecule has 136 valence electrons. The molecule has 0 unspecified atom stereocenters. The molecule has 4 rings (SSSR count). The van der Waals surface area contributed by atoms with Crippen molar-refractivity contribution in [1.29, 1.82) is 5.26 Å². The van der Waals surface area contributed by atoms with E-state index in [9.17, 15) is 4.79 Å². The van der Waals surface area contributed by atoms with E-state index in [1.165, 1.54) is 12.5 Å². The summed E-state index contributed by atoms with van der Waals surface area (Å²) in [5.74, 6) is -0.0318. The van der Waals surface area contributed by atoms with E-state index in [0.717, 1.165) is 11.3 Å². The number of imidazole rings is 1. The minimum Gasteiger partial charge on any atom is -0.432 e. The van der Waals surface area contributed by atoms with E-state index in [1.807, 2.05) is 16.7 Å². The molecule has 1 aromatic carbocycles. The first-order valence-electron chi connectivity index (χ1n) is 8.67. The molecule has 0 saturated carbocycles. The largest absolute Gasteiger partial charge is 0.432 e. The molecule has 0 aliphatic carbocycles. The van der Waals surface area contributed by atoms with Crippen LogP contribution < -0.4 is 10.2 Å². The molecule has 1 amide bonds. The number of hydrogen-bond donors (Lipinski definition) is 1. The average Bonchev–Trinajstić information content (AvgIpc) is 3.43. The highest BCUT2D eigenvalue weighted by molar-refractivity contribution is 5.97. The molecular formula is C19H18N6O2. The van der Waals surface area contributed by atoms with Crippen LogP contribution in [0, 0.1) is 11.3 Å². The van der Waals surface area contributed by atoms with Crippen molar-refractivity contribution >= 4 is 11.9 Å². The van der Waals surface area contributed by atoms with Gasteiger partial charge in [0.25, 0.3) is 0 Å². The van der Waals surface area contributed by atoms with E-state index >= 15 is 0 Å². The number of nitrogens with zero attached hydrogens (tertiary/aromatic N) is 5. The van der Waals surface area contributed by atoms with Gasteiger partial charge >= 0.3 is 6.01 Å². The highest BCUT2D eigenvalue weighted by Gasteiger charge is 2.34. The second kappa shape index (κ2) is 7.43. The van der Waals surface area contributed by atoms with Crippen LogP contribution in [-0.4, -0.2) is 33.0 Å². The fraction of sp³-hybridized carbons (Fsp3) is 0.263. The number of carbonyl (C=O) groups excluding carboxylic acids is 1. The molecule has 1 N–H and O–H groups in total. The molecule has 1 fully saturated rings. The van der Waals surface area contributed by atoms with Crippen LogP contribution in [0.2, 0.25) is 0 Å². The lowest BCUT2D eigenvalue weighted by molar-refractivity contribution is -0.119. The van der Waals surface area contributed by atoms with Crippen LogP contribution in [0.1, 0.15) is 23.2 Å². The van der Waals surface area contributed by atoms with Gasteiger partial charge in [0.05, 0.1) is 35.9 Å². The summed E-state index contributed by atoms with van der Waals surface area (Å²) in [6.07, 6.45) is 7.26. The van der Waals surface area contributed by atoms with Gasteiger partial charge in [0.1, 0.15) is 6.26 Å². The van der Waals surface area contributed by atoms with Crippen LogP contribution in [0.15, 0.2) is 53.7 Å². The summed E-state index contributed by atoms with van der Waals surface area (Å²) in [6.45, 7) is 1.78. The van der Waals surface area contributed by atoms with Crippen molar-refractivity contribution in [2.24, 2.45) is 0 Å². The van der Waals surface area contributed by atoms with Crippen molar-refractivity contribution in [2.75, 3.05) is 11.4 Å². The molecule has 0 bridgehead atoms. The van der Waals surface area contributed by atoms with Crippen molar-refractivity contribution in [1.82, 2.24) is 19.9 Å². The van der Waals surface area contributed by atoms with E-state index < -0.39 is 0 Å². The maximum atomic E-state index is 12.5. The number of carbonyl (C=O) groups is 1. The summed E-state index contributed by atoms with van der Waals surface area (Å²) in [5, 5.41) is 12.2. The summed E-state index contributed by atoms with van der Waals surface area (Å²) in [5.41, 5.74) is 2.71. The topological polar surface area (TPSA) is 100.0 Å².